The molecule has 0 spiro atoms. The summed E-state index contributed by atoms with van der Waals surface area (Å²) >= 11 is 35.8. The maximum absolute atomic E-state index is 12.7. The molecular formula is C24H18BrCl5O3S. The van der Waals surface area contributed by atoms with Crippen LogP contribution in [-0.4, -0.2) is 12.9 Å². The smallest absolute Gasteiger partial charge is 0.195 e. The second-order valence-electron chi connectivity index (χ2n) is 7.09. The van der Waals surface area contributed by atoms with Gasteiger partial charge in [-0.1, -0.05) is 83.5 Å². The molecule has 3 nitrogen and oxygen atoms in total. The molecule has 0 N–H and O–H groups in total. The molecule has 0 saturated carbocycles. The van der Waals surface area contributed by atoms with Gasteiger partial charge in [-0.05, 0) is 52.2 Å². The van der Waals surface area contributed by atoms with Crippen molar-refractivity contribution in [2.24, 2.45) is 0 Å². The number of ketones is 1. The Hall–Kier alpha value is -0.920. The fraction of sp³-hybridized carbons (Fsp3) is 0.208. The minimum Gasteiger partial charge on any atom is -0.496 e. The van der Waals surface area contributed by atoms with Gasteiger partial charge in [0.25, 0.3) is 0 Å². The van der Waals surface area contributed by atoms with Crippen LogP contribution in [0.4, 0.5) is 0 Å². The van der Waals surface area contributed by atoms with Crippen LogP contribution in [0.5, 0.6) is 11.5 Å². The summed E-state index contributed by atoms with van der Waals surface area (Å²) in [4.78, 5) is 14.5. The Morgan fingerprint density at radius 3 is 2.29 bits per heavy atom. The van der Waals surface area contributed by atoms with Crippen LogP contribution in [-0.2, 0) is 13.0 Å². The number of carbonyl (C=O) groups excluding carboxylic acids is 1. The number of allylic oxidation sites excluding steroid dienone is 1. The van der Waals surface area contributed by atoms with Gasteiger partial charge < -0.3 is 9.47 Å². The van der Waals surface area contributed by atoms with Gasteiger partial charge in [0, 0.05) is 14.9 Å². The second-order valence-corrected chi connectivity index (χ2v) is 11.0. The van der Waals surface area contributed by atoms with Gasteiger partial charge in [0.2, 0.25) is 0 Å². The number of aryl methyl sites for hydroxylation is 1. The lowest BCUT2D eigenvalue weighted by atomic mass is 10.1. The van der Waals surface area contributed by atoms with Gasteiger partial charge in [-0.15, -0.1) is 11.3 Å². The molecule has 0 aliphatic rings. The maximum Gasteiger partial charge on any atom is 0.195 e. The molecule has 10 heteroatoms. The molecule has 3 aromatic rings. The van der Waals surface area contributed by atoms with E-state index in [0.717, 1.165) is 22.9 Å². The third-order valence-electron chi connectivity index (χ3n) is 4.75. The Morgan fingerprint density at radius 1 is 1.03 bits per heavy atom. The van der Waals surface area contributed by atoms with Crippen molar-refractivity contribution in [3.05, 3.63) is 80.8 Å². The first-order chi connectivity index (χ1) is 16.2. The molecule has 34 heavy (non-hydrogen) atoms. The first-order valence-electron chi connectivity index (χ1n) is 9.99. The van der Waals surface area contributed by atoms with E-state index < -0.39 is 0 Å². The average Bonchev–Trinajstić information content (AvgIpc) is 3.20. The third-order valence-corrected chi connectivity index (χ3v) is 9.17. The van der Waals surface area contributed by atoms with Crippen LogP contribution >= 0.6 is 85.3 Å². The lowest BCUT2D eigenvalue weighted by molar-refractivity contribution is 0.105. The molecule has 0 saturated heterocycles. The van der Waals surface area contributed by atoms with Crippen LogP contribution in [0.3, 0.4) is 0 Å². The molecule has 0 amide bonds. The van der Waals surface area contributed by atoms with Gasteiger partial charge in [-0.3, -0.25) is 4.79 Å². The molecule has 1 heterocycles. The first-order valence-corrected chi connectivity index (χ1v) is 13.5. The van der Waals surface area contributed by atoms with Crippen molar-refractivity contribution in [1.82, 2.24) is 0 Å². The summed E-state index contributed by atoms with van der Waals surface area (Å²) in [5, 5.41) is 0.284. The van der Waals surface area contributed by atoms with Gasteiger partial charge in [-0.25, -0.2) is 0 Å². The summed E-state index contributed by atoms with van der Waals surface area (Å²) in [7, 11) is 1.55. The molecule has 0 aliphatic carbocycles. The van der Waals surface area contributed by atoms with Gasteiger partial charge in [0.1, 0.15) is 22.4 Å². The third kappa shape index (κ3) is 6.25. The topological polar surface area (TPSA) is 35.5 Å². The lowest BCUT2D eigenvalue weighted by Crippen LogP contribution is -2.01. The molecule has 0 aliphatic heterocycles. The average molecular weight is 644 g/mol. The number of ether oxygens (including phenoxy) is 2. The van der Waals surface area contributed by atoms with Gasteiger partial charge in [0.05, 0.1) is 27.1 Å². The number of thiophene rings is 1. The highest BCUT2D eigenvalue weighted by Crippen LogP contribution is 2.48. The lowest BCUT2D eigenvalue weighted by Gasteiger charge is -2.15. The zero-order valence-corrected chi connectivity index (χ0v) is 24.2. The van der Waals surface area contributed by atoms with Crippen molar-refractivity contribution in [2.45, 2.75) is 26.4 Å². The summed E-state index contributed by atoms with van der Waals surface area (Å²) in [5.74, 6) is 0.644. The summed E-state index contributed by atoms with van der Waals surface area (Å²) in [6, 6.07) is 7.34. The number of hydrogen-bond acceptors (Lipinski definition) is 4. The fourth-order valence-electron chi connectivity index (χ4n) is 3.06. The Bertz CT molecular complexity index is 1230. The Morgan fingerprint density at radius 2 is 1.68 bits per heavy atom. The van der Waals surface area contributed by atoms with Gasteiger partial charge in [-0.2, -0.15) is 0 Å². The van der Waals surface area contributed by atoms with E-state index in [1.54, 1.807) is 25.3 Å². The van der Waals surface area contributed by atoms with E-state index >= 15 is 0 Å². The molecule has 180 valence electrons. The molecule has 0 radical (unpaired) electrons. The largest absolute Gasteiger partial charge is 0.496 e. The van der Waals surface area contributed by atoms with E-state index in [4.69, 9.17) is 67.5 Å². The van der Waals surface area contributed by atoms with Crippen LogP contribution in [0.2, 0.25) is 25.1 Å². The summed E-state index contributed by atoms with van der Waals surface area (Å²) in [6.45, 7) is 2.17. The van der Waals surface area contributed by atoms with E-state index in [1.165, 1.54) is 16.2 Å². The molecule has 0 fully saturated rings. The Kier molecular flexibility index (Phi) is 10.1. The minimum atomic E-state index is -0.0642. The normalized spacial score (nSPS) is 11.3. The van der Waals surface area contributed by atoms with Crippen molar-refractivity contribution < 1.29 is 14.3 Å². The maximum atomic E-state index is 12.7. The zero-order chi connectivity index (χ0) is 25.0. The molecule has 0 unspecified atom stereocenters. The van der Waals surface area contributed by atoms with Crippen LogP contribution in [0, 0.1) is 0 Å². The van der Waals surface area contributed by atoms with E-state index in [2.05, 4.69) is 22.9 Å². The molecule has 0 atom stereocenters. The highest BCUT2D eigenvalue weighted by atomic mass is 79.9. The summed E-state index contributed by atoms with van der Waals surface area (Å²) < 4.78 is 12.2. The SMILES string of the molecule is CCCc1sc(C(=O)/C=C/c2ccc(OC)c(COc3c(Cl)c(Cl)c(Cl)c(Cl)c3Cl)c2)cc1Br. The van der Waals surface area contributed by atoms with E-state index in [-0.39, 0.29) is 43.3 Å². The molecule has 2 aromatic carbocycles. The molecule has 3 rings (SSSR count). The van der Waals surface area contributed by atoms with Crippen molar-refractivity contribution in [3.63, 3.8) is 0 Å². The number of rotatable bonds is 9. The highest BCUT2D eigenvalue weighted by molar-refractivity contribution is 9.10. The number of carbonyl (C=O) groups is 1. The quantitative estimate of drug-likeness (QED) is 0.101. The van der Waals surface area contributed by atoms with Gasteiger partial charge >= 0.3 is 0 Å². The molecule has 0 bridgehead atoms. The van der Waals surface area contributed by atoms with Crippen molar-refractivity contribution in [1.29, 1.82) is 0 Å². The van der Waals surface area contributed by atoms with Crippen LogP contribution < -0.4 is 9.47 Å². The van der Waals surface area contributed by atoms with Crippen molar-refractivity contribution in [2.75, 3.05) is 7.11 Å². The van der Waals surface area contributed by atoms with Crippen LogP contribution in [0.15, 0.2) is 34.8 Å². The number of benzene rings is 2. The summed E-state index contributed by atoms with van der Waals surface area (Å²) in [6.07, 6.45) is 5.24. The zero-order valence-electron chi connectivity index (χ0n) is 18.0. The number of hydrogen-bond donors (Lipinski definition) is 0. The fourth-order valence-corrected chi connectivity index (χ4v) is 6.18. The Balaban J connectivity index is 1.82. The predicted octanol–water partition coefficient (Wildman–Crippen LogP) is 10.2. The standard InChI is InChI=1S/C24H18BrCl5O3S/c1-3-4-17-14(25)10-18(34-17)15(31)7-5-12-6-8-16(32-2)13(9-12)11-33-24-22(29)20(27)19(26)21(28)23(24)30/h5-10H,3-4,11H2,1-2H3/b7-5+. The predicted molar refractivity (Wildman–Crippen MR) is 148 cm³/mol. The molecular weight excluding hydrogens is 625 g/mol. The van der Waals surface area contributed by atoms with E-state index in [1.807, 2.05) is 18.2 Å². The number of halogens is 6. The molecule has 1 aromatic heterocycles. The van der Waals surface area contributed by atoms with Gasteiger partial charge in [0.15, 0.2) is 11.5 Å². The minimum absolute atomic E-state index is 0.0530. The second kappa shape index (κ2) is 12.4. The number of methoxy groups -OCH3 is 1. The van der Waals surface area contributed by atoms with E-state index in [9.17, 15) is 4.79 Å². The van der Waals surface area contributed by atoms with Crippen LogP contribution in [0.25, 0.3) is 6.08 Å². The Labute approximate surface area is 235 Å². The highest BCUT2D eigenvalue weighted by Gasteiger charge is 2.21. The first kappa shape index (κ1) is 27.7. The summed E-state index contributed by atoms with van der Waals surface area (Å²) in [5.41, 5.74) is 1.50. The van der Waals surface area contributed by atoms with Crippen molar-refractivity contribution >= 4 is 97.1 Å². The van der Waals surface area contributed by atoms with Crippen molar-refractivity contribution in [3.8, 4) is 11.5 Å². The monoisotopic (exact) mass is 640 g/mol. The van der Waals surface area contributed by atoms with Crippen LogP contribution in [0.1, 0.15) is 39.0 Å². The van der Waals surface area contributed by atoms with E-state index in [0.29, 0.717) is 16.2 Å².